The van der Waals surface area contributed by atoms with Crippen LogP contribution in [0.15, 0.2) is 36.4 Å². The molecule has 2 aromatic rings. The Kier molecular flexibility index (Phi) is 4.66. The number of methoxy groups -OCH3 is 1. The van der Waals surface area contributed by atoms with Crippen molar-refractivity contribution in [3.63, 3.8) is 0 Å². The van der Waals surface area contributed by atoms with Gasteiger partial charge in [-0.3, -0.25) is 10.1 Å². The van der Waals surface area contributed by atoms with Gasteiger partial charge in [-0.25, -0.2) is 0 Å². The summed E-state index contributed by atoms with van der Waals surface area (Å²) < 4.78 is 11.1. The van der Waals surface area contributed by atoms with Gasteiger partial charge in [0.15, 0.2) is 11.5 Å². The Morgan fingerprint density at radius 3 is 2.83 bits per heavy atom. The van der Waals surface area contributed by atoms with Gasteiger partial charge in [-0.05, 0) is 42.2 Å². The van der Waals surface area contributed by atoms with Crippen LogP contribution in [0, 0.1) is 10.1 Å². The molecule has 24 heavy (non-hydrogen) atoms. The van der Waals surface area contributed by atoms with E-state index in [9.17, 15) is 10.1 Å². The predicted octanol–water partition coefficient (Wildman–Crippen LogP) is 3.24. The van der Waals surface area contributed by atoms with Gasteiger partial charge in [-0.15, -0.1) is 0 Å². The third-order valence-electron chi connectivity index (χ3n) is 4.19. The zero-order valence-corrected chi connectivity index (χ0v) is 13.7. The lowest BCUT2D eigenvalue weighted by Gasteiger charge is -2.28. The van der Waals surface area contributed by atoms with Gasteiger partial charge in [0.1, 0.15) is 0 Å². The first kappa shape index (κ1) is 16.3. The van der Waals surface area contributed by atoms with Crippen molar-refractivity contribution in [3.8, 4) is 11.5 Å². The van der Waals surface area contributed by atoms with Crippen LogP contribution < -0.4 is 14.8 Å². The van der Waals surface area contributed by atoms with Crippen molar-refractivity contribution in [3.05, 3.63) is 63.2 Å². The van der Waals surface area contributed by atoms with E-state index in [4.69, 9.17) is 9.47 Å². The zero-order valence-electron chi connectivity index (χ0n) is 13.7. The molecule has 0 radical (unpaired) electrons. The van der Waals surface area contributed by atoms with Gasteiger partial charge in [0.05, 0.1) is 24.7 Å². The second kappa shape index (κ2) is 6.88. The van der Waals surface area contributed by atoms with Crippen molar-refractivity contribution in [2.45, 2.75) is 19.4 Å². The molecule has 0 saturated carbocycles. The molecule has 1 heterocycles. The number of nitrogens with one attached hydrogen (secondary N) is 1. The topological polar surface area (TPSA) is 73.6 Å². The fraction of sp³-hybridized carbons (Fsp3) is 0.333. The van der Waals surface area contributed by atoms with E-state index < -0.39 is 0 Å². The molecule has 2 aromatic carbocycles. The minimum Gasteiger partial charge on any atom is -0.493 e. The molecule has 0 aromatic heterocycles. The number of nitro benzene ring substituents is 1. The Hall–Kier alpha value is -2.60. The standard InChI is InChI=1S/C18H20N2O4/c1-3-24-17-10-12-7-8-19-18(15(12)11-16(17)23-2)13-5-4-6-14(9-13)20(21)22/h4-6,9-11,18-19H,3,7-8H2,1-2H3/t18-/m1/s1. The maximum absolute atomic E-state index is 11.0. The molecule has 126 valence electrons. The summed E-state index contributed by atoms with van der Waals surface area (Å²) in [5.41, 5.74) is 3.22. The molecule has 0 spiro atoms. The summed E-state index contributed by atoms with van der Waals surface area (Å²) in [7, 11) is 1.61. The molecule has 0 unspecified atom stereocenters. The molecule has 6 nitrogen and oxygen atoms in total. The number of benzene rings is 2. The summed E-state index contributed by atoms with van der Waals surface area (Å²) in [6.07, 6.45) is 0.880. The second-order valence-corrected chi connectivity index (χ2v) is 5.62. The average Bonchev–Trinajstić information content (AvgIpc) is 2.61. The minimum atomic E-state index is -0.369. The largest absolute Gasteiger partial charge is 0.493 e. The first-order valence-electron chi connectivity index (χ1n) is 7.95. The van der Waals surface area contributed by atoms with Gasteiger partial charge in [-0.1, -0.05) is 12.1 Å². The summed E-state index contributed by atoms with van der Waals surface area (Å²) >= 11 is 0. The van der Waals surface area contributed by atoms with Crippen molar-refractivity contribution < 1.29 is 14.4 Å². The van der Waals surface area contributed by atoms with Gasteiger partial charge in [0, 0.05) is 18.7 Å². The van der Waals surface area contributed by atoms with E-state index >= 15 is 0 Å². The third-order valence-corrected chi connectivity index (χ3v) is 4.19. The van der Waals surface area contributed by atoms with E-state index in [1.54, 1.807) is 19.2 Å². The number of nitrogens with zero attached hydrogens (tertiary/aromatic N) is 1. The normalized spacial score (nSPS) is 16.3. The Morgan fingerprint density at radius 1 is 1.29 bits per heavy atom. The number of hydrogen-bond donors (Lipinski definition) is 1. The molecule has 1 aliphatic heterocycles. The van der Waals surface area contributed by atoms with Gasteiger partial charge in [0.2, 0.25) is 0 Å². The van der Waals surface area contributed by atoms with Crippen LogP contribution in [0.2, 0.25) is 0 Å². The molecule has 0 saturated heterocycles. The quantitative estimate of drug-likeness (QED) is 0.674. The molecule has 1 aliphatic rings. The van der Waals surface area contributed by atoms with Crippen LogP contribution in [-0.2, 0) is 6.42 Å². The number of rotatable bonds is 5. The maximum atomic E-state index is 11.0. The number of nitro groups is 1. The molecule has 3 rings (SSSR count). The summed E-state index contributed by atoms with van der Waals surface area (Å²) in [5.74, 6) is 1.41. The molecule has 6 heteroatoms. The highest BCUT2D eigenvalue weighted by Gasteiger charge is 2.25. The Bertz CT molecular complexity index is 761. The van der Waals surface area contributed by atoms with Crippen molar-refractivity contribution in [1.29, 1.82) is 0 Å². The van der Waals surface area contributed by atoms with Crippen LogP contribution in [0.1, 0.15) is 29.7 Å². The summed E-state index contributed by atoms with van der Waals surface area (Å²) in [4.78, 5) is 10.7. The van der Waals surface area contributed by atoms with E-state index in [2.05, 4.69) is 5.32 Å². The third kappa shape index (κ3) is 3.05. The van der Waals surface area contributed by atoms with Crippen LogP contribution in [-0.4, -0.2) is 25.2 Å². The smallest absolute Gasteiger partial charge is 0.269 e. The van der Waals surface area contributed by atoms with Crippen LogP contribution in [0.4, 0.5) is 5.69 Å². The summed E-state index contributed by atoms with van der Waals surface area (Å²) in [6, 6.07) is 10.6. The fourth-order valence-corrected chi connectivity index (χ4v) is 3.11. The van der Waals surface area contributed by atoms with E-state index in [1.807, 2.05) is 25.1 Å². The average molecular weight is 328 g/mol. The Balaban J connectivity index is 2.05. The fourth-order valence-electron chi connectivity index (χ4n) is 3.11. The zero-order chi connectivity index (χ0) is 17.1. The monoisotopic (exact) mass is 328 g/mol. The van der Waals surface area contributed by atoms with Crippen LogP contribution in [0.5, 0.6) is 11.5 Å². The van der Waals surface area contributed by atoms with Crippen molar-refractivity contribution in [2.24, 2.45) is 0 Å². The van der Waals surface area contributed by atoms with Gasteiger partial charge in [-0.2, -0.15) is 0 Å². The number of hydrogen-bond acceptors (Lipinski definition) is 5. The van der Waals surface area contributed by atoms with Gasteiger partial charge < -0.3 is 14.8 Å². The Morgan fingerprint density at radius 2 is 2.12 bits per heavy atom. The Labute approximate surface area is 140 Å². The van der Waals surface area contributed by atoms with Gasteiger partial charge in [0.25, 0.3) is 5.69 Å². The van der Waals surface area contributed by atoms with E-state index in [-0.39, 0.29) is 16.7 Å². The van der Waals surface area contributed by atoms with Crippen molar-refractivity contribution in [2.75, 3.05) is 20.3 Å². The molecule has 0 fully saturated rings. The molecule has 1 N–H and O–H groups in total. The van der Waals surface area contributed by atoms with E-state index in [0.29, 0.717) is 12.4 Å². The molecule has 0 aliphatic carbocycles. The number of ether oxygens (including phenoxy) is 2. The van der Waals surface area contributed by atoms with Crippen molar-refractivity contribution in [1.82, 2.24) is 5.32 Å². The van der Waals surface area contributed by atoms with Crippen molar-refractivity contribution >= 4 is 5.69 Å². The van der Waals surface area contributed by atoms with Crippen LogP contribution >= 0.6 is 0 Å². The lowest BCUT2D eigenvalue weighted by atomic mass is 9.89. The number of non-ortho nitro benzene ring substituents is 1. The molecule has 0 bridgehead atoms. The summed E-state index contributed by atoms with van der Waals surface area (Å²) in [5, 5.41) is 14.5. The SMILES string of the molecule is CCOc1cc2c(cc1OC)[C@@H](c1cccc([N+](=O)[O-])c1)NCC2. The first-order chi connectivity index (χ1) is 11.6. The minimum absolute atomic E-state index is 0.0966. The lowest BCUT2D eigenvalue weighted by molar-refractivity contribution is -0.384. The van der Waals surface area contributed by atoms with Crippen LogP contribution in [0.3, 0.4) is 0 Å². The lowest BCUT2D eigenvalue weighted by Crippen LogP contribution is -2.30. The molecule has 0 amide bonds. The maximum Gasteiger partial charge on any atom is 0.269 e. The second-order valence-electron chi connectivity index (χ2n) is 5.62. The van der Waals surface area contributed by atoms with E-state index in [1.165, 1.54) is 11.6 Å². The first-order valence-corrected chi connectivity index (χ1v) is 7.95. The molecule has 1 atom stereocenters. The van der Waals surface area contributed by atoms with Crippen LogP contribution in [0.25, 0.3) is 0 Å². The predicted molar refractivity (Wildman–Crippen MR) is 90.8 cm³/mol. The van der Waals surface area contributed by atoms with E-state index in [0.717, 1.165) is 29.8 Å². The summed E-state index contributed by atoms with van der Waals surface area (Å²) in [6.45, 7) is 3.31. The highest BCUT2D eigenvalue weighted by molar-refractivity contribution is 5.52. The number of fused-ring (bicyclic) bond motifs is 1. The van der Waals surface area contributed by atoms with Gasteiger partial charge >= 0.3 is 0 Å². The molecular weight excluding hydrogens is 308 g/mol. The highest BCUT2D eigenvalue weighted by Crippen LogP contribution is 2.38. The highest BCUT2D eigenvalue weighted by atomic mass is 16.6. The molecular formula is C18H20N2O4.